The highest BCUT2D eigenvalue weighted by molar-refractivity contribution is 7.80. The average molecular weight is 348 g/mol. The summed E-state index contributed by atoms with van der Waals surface area (Å²) in [5.74, 6) is 1.52. The lowest BCUT2D eigenvalue weighted by atomic mass is 10.0. The molecule has 5 nitrogen and oxygen atoms in total. The molecular formula is C19H16N4OS. The van der Waals surface area contributed by atoms with E-state index in [0.29, 0.717) is 28.8 Å². The van der Waals surface area contributed by atoms with Crippen LogP contribution >= 0.6 is 12.6 Å². The van der Waals surface area contributed by atoms with Crippen molar-refractivity contribution in [3.8, 4) is 23.2 Å². The van der Waals surface area contributed by atoms with Gasteiger partial charge in [-0.3, -0.25) is 0 Å². The second-order valence-electron chi connectivity index (χ2n) is 6.10. The molecule has 1 saturated carbocycles. The van der Waals surface area contributed by atoms with E-state index in [1.807, 2.05) is 30.3 Å². The number of nitriles is 1. The van der Waals surface area contributed by atoms with Gasteiger partial charge in [0.25, 0.3) is 0 Å². The van der Waals surface area contributed by atoms with Gasteiger partial charge < -0.3 is 9.67 Å². The summed E-state index contributed by atoms with van der Waals surface area (Å²) in [6.45, 7) is 0. The van der Waals surface area contributed by atoms with Gasteiger partial charge in [0, 0.05) is 6.04 Å². The summed E-state index contributed by atoms with van der Waals surface area (Å²) in [5.41, 5.74) is 2.05. The van der Waals surface area contributed by atoms with E-state index in [2.05, 4.69) is 20.8 Å². The third kappa shape index (κ3) is 2.77. The largest absolute Gasteiger partial charge is 0.507 e. The van der Waals surface area contributed by atoms with Gasteiger partial charge in [-0.1, -0.05) is 30.3 Å². The molecule has 0 bridgehead atoms. The predicted octanol–water partition coefficient (Wildman–Crippen LogP) is 3.88. The minimum atomic E-state index is -0.358. The number of phenolic OH excluding ortho intramolecular Hbond substituents is 1. The normalized spacial score (nSPS) is 14.9. The molecule has 1 unspecified atom stereocenters. The fourth-order valence-corrected chi connectivity index (χ4v) is 3.41. The predicted molar refractivity (Wildman–Crippen MR) is 97.4 cm³/mol. The number of aromatic nitrogens is 3. The van der Waals surface area contributed by atoms with Crippen LogP contribution in [-0.4, -0.2) is 19.9 Å². The van der Waals surface area contributed by atoms with Crippen molar-refractivity contribution in [2.75, 3.05) is 0 Å². The van der Waals surface area contributed by atoms with Gasteiger partial charge in [0.1, 0.15) is 5.75 Å². The number of nitrogens with zero attached hydrogens (tertiary/aromatic N) is 4. The van der Waals surface area contributed by atoms with Crippen LogP contribution in [0.25, 0.3) is 11.4 Å². The second kappa shape index (κ2) is 6.26. The van der Waals surface area contributed by atoms with Gasteiger partial charge in [-0.25, -0.2) is 0 Å². The van der Waals surface area contributed by atoms with Gasteiger partial charge in [0.2, 0.25) is 0 Å². The Morgan fingerprint density at radius 3 is 2.56 bits per heavy atom. The van der Waals surface area contributed by atoms with Gasteiger partial charge in [-0.05, 0) is 36.6 Å². The van der Waals surface area contributed by atoms with Crippen molar-refractivity contribution in [2.24, 2.45) is 0 Å². The molecule has 1 N–H and O–H groups in total. The van der Waals surface area contributed by atoms with Gasteiger partial charge in [-0.2, -0.15) is 17.9 Å². The zero-order valence-electron chi connectivity index (χ0n) is 13.4. The SMILES string of the molecule is N#Cc1ccccc1C(S)c1nnc(-c2ccccc2O)n1C1CC1. The molecule has 1 aliphatic rings. The van der Waals surface area contributed by atoms with Crippen LogP contribution in [0, 0.1) is 11.3 Å². The average Bonchev–Trinajstić information content (AvgIpc) is 3.40. The van der Waals surface area contributed by atoms with Crippen LogP contribution in [0.1, 0.15) is 41.1 Å². The Labute approximate surface area is 151 Å². The minimum Gasteiger partial charge on any atom is -0.507 e. The standard InChI is InChI=1S/C19H16N4OS/c20-11-12-5-1-2-6-14(12)17(25)19-22-21-18(23(19)13-9-10-13)15-7-3-4-8-16(15)24/h1-8,13,17,24-25H,9-10H2. The Kier molecular flexibility index (Phi) is 3.94. The first-order chi connectivity index (χ1) is 12.2. The fraction of sp³-hybridized carbons (Fsp3) is 0.211. The first-order valence-corrected chi connectivity index (χ1v) is 8.62. The van der Waals surface area contributed by atoms with Crippen molar-refractivity contribution in [3.63, 3.8) is 0 Å². The molecule has 4 rings (SSSR count). The zero-order chi connectivity index (χ0) is 17.4. The summed E-state index contributed by atoms with van der Waals surface area (Å²) in [4.78, 5) is 0. The van der Waals surface area contributed by atoms with E-state index in [9.17, 15) is 10.4 Å². The van der Waals surface area contributed by atoms with Crippen LogP contribution in [0.4, 0.5) is 0 Å². The Balaban J connectivity index is 1.84. The van der Waals surface area contributed by atoms with Crippen LogP contribution in [0.15, 0.2) is 48.5 Å². The van der Waals surface area contributed by atoms with Crippen LogP contribution in [-0.2, 0) is 0 Å². The maximum atomic E-state index is 10.2. The van der Waals surface area contributed by atoms with Crippen LogP contribution in [0.2, 0.25) is 0 Å². The van der Waals surface area contributed by atoms with Crippen molar-refractivity contribution in [2.45, 2.75) is 24.1 Å². The van der Waals surface area contributed by atoms with Gasteiger partial charge in [-0.15, -0.1) is 10.2 Å². The molecule has 1 aliphatic carbocycles. The Morgan fingerprint density at radius 1 is 1.12 bits per heavy atom. The van der Waals surface area contributed by atoms with Crippen LogP contribution in [0.3, 0.4) is 0 Å². The molecule has 2 aromatic carbocycles. The summed E-state index contributed by atoms with van der Waals surface area (Å²) < 4.78 is 2.06. The monoisotopic (exact) mass is 348 g/mol. The molecule has 0 radical (unpaired) electrons. The van der Waals surface area contributed by atoms with Crippen LogP contribution in [0.5, 0.6) is 5.75 Å². The molecule has 1 heterocycles. The van der Waals surface area contributed by atoms with Crippen molar-refractivity contribution < 1.29 is 5.11 Å². The highest BCUT2D eigenvalue weighted by atomic mass is 32.1. The molecule has 0 amide bonds. The minimum absolute atomic E-state index is 0.177. The molecule has 25 heavy (non-hydrogen) atoms. The van der Waals surface area contributed by atoms with E-state index in [0.717, 1.165) is 18.4 Å². The summed E-state index contributed by atoms with van der Waals surface area (Å²) in [6.07, 6.45) is 2.10. The number of benzene rings is 2. The van der Waals surface area contributed by atoms with E-state index in [1.54, 1.807) is 18.2 Å². The van der Waals surface area contributed by atoms with Crippen molar-refractivity contribution in [3.05, 3.63) is 65.5 Å². The number of rotatable bonds is 4. The van der Waals surface area contributed by atoms with Crippen molar-refractivity contribution >= 4 is 12.6 Å². The number of phenols is 1. The highest BCUT2D eigenvalue weighted by Gasteiger charge is 2.33. The van der Waals surface area contributed by atoms with E-state index in [4.69, 9.17) is 12.6 Å². The van der Waals surface area contributed by atoms with E-state index in [1.165, 1.54) is 0 Å². The first kappa shape index (κ1) is 15.7. The third-order valence-electron chi connectivity index (χ3n) is 4.40. The van der Waals surface area contributed by atoms with E-state index >= 15 is 0 Å². The maximum absolute atomic E-state index is 10.2. The Morgan fingerprint density at radius 2 is 1.84 bits per heavy atom. The number of hydrogen-bond donors (Lipinski definition) is 2. The smallest absolute Gasteiger partial charge is 0.168 e. The molecule has 0 spiro atoms. The first-order valence-electron chi connectivity index (χ1n) is 8.11. The summed E-state index contributed by atoms with van der Waals surface area (Å²) in [6, 6.07) is 17.0. The maximum Gasteiger partial charge on any atom is 0.168 e. The van der Waals surface area contributed by atoms with Crippen molar-refractivity contribution in [1.29, 1.82) is 5.26 Å². The van der Waals surface area contributed by atoms with Gasteiger partial charge in [0.05, 0.1) is 22.4 Å². The van der Waals surface area contributed by atoms with Gasteiger partial charge in [0.15, 0.2) is 11.6 Å². The molecule has 1 atom stereocenters. The van der Waals surface area contributed by atoms with E-state index in [-0.39, 0.29) is 11.0 Å². The molecule has 0 aliphatic heterocycles. The lowest BCUT2D eigenvalue weighted by Gasteiger charge is -2.15. The number of para-hydroxylation sites is 1. The summed E-state index contributed by atoms with van der Waals surface area (Å²) in [5, 5.41) is 27.9. The lowest BCUT2D eigenvalue weighted by Crippen LogP contribution is -2.08. The van der Waals surface area contributed by atoms with Crippen molar-refractivity contribution in [1.82, 2.24) is 14.8 Å². The molecule has 6 heteroatoms. The summed E-state index contributed by atoms with van der Waals surface area (Å²) >= 11 is 4.74. The third-order valence-corrected chi connectivity index (χ3v) is 4.91. The van der Waals surface area contributed by atoms with E-state index < -0.39 is 0 Å². The number of hydrogen-bond acceptors (Lipinski definition) is 5. The quantitative estimate of drug-likeness (QED) is 0.702. The molecular weight excluding hydrogens is 332 g/mol. The molecule has 0 saturated heterocycles. The molecule has 124 valence electrons. The molecule has 1 aromatic heterocycles. The number of aromatic hydroxyl groups is 1. The van der Waals surface area contributed by atoms with Gasteiger partial charge >= 0.3 is 0 Å². The molecule has 3 aromatic rings. The fourth-order valence-electron chi connectivity index (χ4n) is 3.01. The highest BCUT2D eigenvalue weighted by Crippen LogP contribution is 2.43. The number of thiol groups is 1. The molecule has 1 fully saturated rings. The Bertz CT molecular complexity index is 972. The summed E-state index contributed by atoms with van der Waals surface area (Å²) in [7, 11) is 0. The lowest BCUT2D eigenvalue weighted by molar-refractivity contribution is 0.476. The topological polar surface area (TPSA) is 74.7 Å². The second-order valence-corrected chi connectivity index (χ2v) is 6.62. The Hall–Kier alpha value is -2.78. The zero-order valence-corrected chi connectivity index (χ0v) is 14.3. The van der Waals surface area contributed by atoms with Crippen LogP contribution < -0.4 is 0 Å².